The molecule has 0 spiro atoms. The largest absolute Gasteiger partial charge is 0.361 e. The summed E-state index contributed by atoms with van der Waals surface area (Å²) in [6.07, 6.45) is 3.83. The molecule has 0 amide bonds. The summed E-state index contributed by atoms with van der Waals surface area (Å²) < 4.78 is 0. The van der Waals surface area contributed by atoms with Gasteiger partial charge in [-0.15, -0.1) is 11.3 Å². The molecule has 1 atom stereocenters. The first-order chi connectivity index (χ1) is 9.24. The van der Waals surface area contributed by atoms with E-state index in [4.69, 9.17) is 0 Å². The minimum absolute atomic E-state index is 0.634. The Bertz CT molecular complexity index is 554. The van der Waals surface area contributed by atoms with E-state index in [9.17, 15) is 0 Å². The Balaban J connectivity index is 1.71. The zero-order valence-electron chi connectivity index (χ0n) is 11.6. The Kier molecular flexibility index (Phi) is 3.56. The van der Waals surface area contributed by atoms with E-state index in [-0.39, 0.29) is 0 Å². The second-order valence-corrected chi connectivity index (χ2v) is 6.53. The van der Waals surface area contributed by atoms with Crippen molar-refractivity contribution < 1.29 is 0 Å². The molecule has 1 unspecified atom stereocenters. The fraction of sp³-hybridized carbons (Fsp3) is 0.438. The smallest absolute Gasteiger partial charge is 0.183 e. The van der Waals surface area contributed by atoms with Crippen molar-refractivity contribution in [1.82, 2.24) is 4.98 Å². The number of rotatable bonds is 3. The Labute approximate surface area is 118 Å². The first-order valence-corrected chi connectivity index (χ1v) is 7.81. The quantitative estimate of drug-likeness (QED) is 0.901. The number of aryl methyl sites for hydroxylation is 3. The zero-order valence-corrected chi connectivity index (χ0v) is 12.4. The topological polar surface area (TPSA) is 24.9 Å². The van der Waals surface area contributed by atoms with Gasteiger partial charge < -0.3 is 5.32 Å². The minimum Gasteiger partial charge on any atom is -0.361 e. The van der Waals surface area contributed by atoms with Gasteiger partial charge in [-0.25, -0.2) is 4.98 Å². The summed E-state index contributed by atoms with van der Waals surface area (Å²) in [5.74, 6) is 0.634. The van der Waals surface area contributed by atoms with Crippen LogP contribution in [0.4, 0.5) is 5.13 Å². The molecule has 100 valence electrons. The summed E-state index contributed by atoms with van der Waals surface area (Å²) in [6, 6.07) is 8.88. The second kappa shape index (κ2) is 5.33. The number of thiazole rings is 1. The van der Waals surface area contributed by atoms with Crippen LogP contribution in [0, 0.1) is 13.8 Å². The van der Waals surface area contributed by atoms with Gasteiger partial charge in [-0.2, -0.15) is 0 Å². The number of hydrogen-bond donors (Lipinski definition) is 1. The SMILES string of the molecule is Cc1nc(NCC2CCCc3ccccc32)sc1C. The Morgan fingerprint density at radius 1 is 1.32 bits per heavy atom. The van der Waals surface area contributed by atoms with E-state index in [2.05, 4.69) is 48.4 Å². The van der Waals surface area contributed by atoms with Crippen LogP contribution in [0.25, 0.3) is 0 Å². The van der Waals surface area contributed by atoms with Crippen molar-refractivity contribution in [2.24, 2.45) is 0 Å². The maximum atomic E-state index is 4.56. The normalized spacial score (nSPS) is 18.1. The number of anilines is 1. The van der Waals surface area contributed by atoms with Crippen LogP contribution in [0.2, 0.25) is 0 Å². The molecule has 3 heteroatoms. The lowest BCUT2D eigenvalue weighted by molar-refractivity contribution is 0.571. The predicted octanol–water partition coefficient (Wildman–Crippen LogP) is 4.29. The highest BCUT2D eigenvalue weighted by Gasteiger charge is 2.19. The molecule has 1 aliphatic rings. The third kappa shape index (κ3) is 2.66. The molecule has 2 nitrogen and oxygen atoms in total. The van der Waals surface area contributed by atoms with E-state index in [1.54, 1.807) is 11.3 Å². The van der Waals surface area contributed by atoms with E-state index < -0.39 is 0 Å². The average molecular weight is 272 g/mol. The van der Waals surface area contributed by atoms with E-state index in [1.165, 1.54) is 35.3 Å². The summed E-state index contributed by atoms with van der Waals surface area (Å²) in [6.45, 7) is 5.21. The van der Waals surface area contributed by atoms with Gasteiger partial charge in [0, 0.05) is 17.3 Å². The number of aromatic nitrogens is 1. The lowest BCUT2D eigenvalue weighted by atomic mass is 9.83. The van der Waals surface area contributed by atoms with Gasteiger partial charge in [-0.1, -0.05) is 24.3 Å². The van der Waals surface area contributed by atoms with Gasteiger partial charge in [0.2, 0.25) is 0 Å². The minimum atomic E-state index is 0.634. The van der Waals surface area contributed by atoms with E-state index in [0.717, 1.165) is 17.4 Å². The number of hydrogen-bond acceptors (Lipinski definition) is 3. The van der Waals surface area contributed by atoms with Crippen LogP contribution in [0.3, 0.4) is 0 Å². The van der Waals surface area contributed by atoms with Crippen LogP contribution in [0.1, 0.15) is 40.5 Å². The summed E-state index contributed by atoms with van der Waals surface area (Å²) in [7, 11) is 0. The maximum Gasteiger partial charge on any atom is 0.183 e. The summed E-state index contributed by atoms with van der Waals surface area (Å²) in [5.41, 5.74) is 4.22. The summed E-state index contributed by atoms with van der Waals surface area (Å²) in [5, 5.41) is 4.59. The molecule has 1 aromatic carbocycles. The van der Waals surface area contributed by atoms with Gasteiger partial charge >= 0.3 is 0 Å². The van der Waals surface area contributed by atoms with Gasteiger partial charge in [0.1, 0.15) is 0 Å². The van der Waals surface area contributed by atoms with Crippen molar-refractivity contribution in [3.63, 3.8) is 0 Å². The molecule has 1 N–H and O–H groups in total. The lowest BCUT2D eigenvalue weighted by Crippen LogP contribution is -2.18. The van der Waals surface area contributed by atoms with Gasteiger partial charge in [0.05, 0.1) is 5.69 Å². The van der Waals surface area contributed by atoms with Gasteiger partial charge in [-0.05, 0) is 44.2 Å². The summed E-state index contributed by atoms with van der Waals surface area (Å²) >= 11 is 1.76. The van der Waals surface area contributed by atoms with E-state index in [0.29, 0.717) is 5.92 Å². The molecule has 0 radical (unpaired) electrons. The molecule has 0 fully saturated rings. The van der Waals surface area contributed by atoms with Crippen molar-refractivity contribution in [2.75, 3.05) is 11.9 Å². The van der Waals surface area contributed by atoms with Crippen LogP contribution in [0.5, 0.6) is 0 Å². The van der Waals surface area contributed by atoms with E-state index >= 15 is 0 Å². The average Bonchev–Trinajstić information content (AvgIpc) is 2.75. The molecule has 19 heavy (non-hydrogen) atoms. The van der Waals surface area contributed by atoms with Crippen molar-refractivity contribution >= 4 is 16.5 Å². The molecule has 1 aliphatic carbocycles. The molecule has 0 aliphatic heterocycles. The molecule has 1 aromatic heterocycles. The zero-order chi connectivity index (χ0) is 13.2. The van der Waals surface area contributed by atoms with Gasteiger partial charge in [0.15, 0.2) is 5.13 Å². The van der Waals surface area contributed by atoms with Crippen molar-refractivity contribution in [1.29, 1.82) is 0 Å². The standard InChI is InChI=1S/C16H20N2S/c1-11-12(2)19-16(18-11)17-10-14-8-5-7-13-6-3-4-9-15(13)14/h3-4,6,9,14H,5,7-8,10H2,1-2H3,(H,17,18). The Morgan fingerprint density at radius 3 is 2.95 bits per heavy atom. The third-order valence-corrected chi connectivity index (χ3v) is 5.05. The third-order valence-electron chi connectivity index (χ3n) is 4.02. The molecule has 0 bridgehead atoms. The highest BCUT2D eigenvalue weighted by molar-refractivity contribution is 7.15. The van der Waals surface area contributed by atoms with Crippen molar-refractivity contribution in [2.45, 2.75) is 39.0 Å². The predicted molar refractivity (Wildman–Crippen MR) is 82.2 cm³/mol. The molecule has 3 rings (SSSR count). The van der Waals surface area contributed by atoms with Crippen LogP contribution < -0.4 is 5.32 Å². The highest BCUT2D eigenvalue weighted by Crippen LogP contribution is 2.32. The van der Waals surface area contributed by atoms with E-state index in [1.807, 2.05) is 0 Å². The monoisotopic (exact) mass is 272 g/mol. The Morgan fingerprint density at radius 2 is 2.16 bits per heavy atom. The van der Waals surface area contributed by atoms with Crippen molar-refractivity contribution in [3.05, 3.63) is 46.0 Å². The fourth-order valence-corrected chi connectivity index (χ4v) is 3.65. The fourth-order valence-electron chi connectivity index (χ4n) is 2.83. The van der Waals surface area contributed by atoms with Crippen LogP contribution in [0.15, 0.2) is 24.3 Å². The molecule has 0 saturated heterocycles. The number of nitrogens with zero attached hydrogens (tertiary/aromatic N) is 1. The first-order valence-electron chi connectivity index (χ1n) is 7.00. The maximum absolute atomic E-state index is 4.56. The number of benzene rings is 1. The molecular formula is C16H20N2S. The number of fused-ring (bicyclic) bond motifs is 1. The van der Waals surface area contributed by atoms with Crippen LogP contribution >= 0.6 is 11.3 Å². The molecule has 2 aromatic rings. The van der Waals surface area contributed by atoms with Crippen LogP contribution in [-0.2, 0) is 6.42 Å². The highest BCUT2D eigenvalue weighted by atomic mass is 32.1. The Hall–Kier alpha value is -1.35. The number of nitrogens with one attached hydrogen (secondary N) is 1. The van der Waals surface area contributed by atoms with Crippen molar-refractivity contribution in [3.8, 4) is 0 Å². The molecule has 1 heterocycles. The first kappa shape index (κ1) is 12.7. The lowest BCUT2D eigenvalue weighted by Gasteiger charge is -2.25. The second-order valence-electron chi connectivity index (χ2n) is 5.33. The van der Waals surface area contributed by atoms with Gasteiger partial charge in [0.25, 0.3) is 0 Å². The molecular weight excluding hydrogens is 252 g/mol. The van der Waals surface area contributed by atoms with Crippen LogP contribution in [-0.4, -0.2) is 11.5 Å². The molecule has 0 saturated carbocycles. The van der Waals surface area contributed by atoms with Gasteiger partial charge in [-0.3, -0.25) is 0 Å². The summed E-state index contributed by atoms with van der Waals surface area (Å²) in [4.78, 5) is 5.87.